The molecule has 4 N–H and O–H groups in total. The fourth-order valence-electron chi connectivity index (χ4n) is 3.50. The number of fused-ring (bicyclic) bond motifs is 7. The van der Waals surface area contributed by atoms with Gasteiger partial charge in [0.25, 0.3) is 5.91 Å². The van der Waals surface area contributed by atoms with Gasteiger partial charge in [-0.15, -0.1) is 0 Å². The zero-order valence-corrected chi connectivity index (χ0v) is 22.9. The second-order valence-corrected chi connectivity index (χ2v) is 11.9. The van der Waals surface area contributed by atoms with Crippen molar-refractivity contribution >= 4 is 51.2 Å². The lowest BCUT2D eigenvalue weighted by molar-refractivity contribution is -0.153. The SMILES string of the molecule is C/C=C1/NC(=O)C2CSSCCC=CC(CC(=O)NC(C(C)C)C(=O)N2)OC(=O)C(C(C)C)NC1=O. The lowest BCUT2D eigenvalue weighted by Crippen LogP contribution is -2.57. The maximum atomic E-state index is 13.2. The largest absolute Gasteiger partial charge is 0.456 e. The third-order valence-corrected chi connectivity index (χ3v) is 8.03. The maximum absolute atomic E-state index is 13.2. The third-order valence-electron chi connectivity index (χ3n) is 5.59. The Hall–Kier alpha value is -2.47. The molecule has 0 saturated carbocycles. The number of hydrogen-bond acceptors (Lipinski definition) is 8. The van der Waals surface area contributed by atoms with Crippen LogP contribution in [0.3, 0.4) is 0 Å². The second-order valence-electron chi connectivity index (χ2n) is 9.24. The zero-order valence-electron chi connectivity index (χ0n) is 21.3. The Labute approximate surface area is 220 Å². The number of carbonyl (C=O) groups is 5. The highest BCUT2D eigenvalue weighted by Crippen LogP contribution is 2.24. The first-order chi connectivity index (χ1) is 17.0. The van der Waals surface area contributed by atoms with Crippen LogP contribution in [0.5, 0.6) is 0 Å². The monoisotopic (exact) mass is 540 g/mol. The first-order valence-electron chi connectivity index (χ1n) is 12.0. The fraction of sp³-hybridized carbons (Fsp3) is 0.625. The van der Waals surface area contributed by atoms with E-state index in [1.165, 1.54) is 27.7 Å². The van der Waals surface area contributed by atoms with Crippen molar-refractivity contribution in [2.75, 3.05) is 11.5 Å². The average molecular weight is 541 g/mol. The molecule has 1 fully saturated rings. The number of ether oxygens (including phenoxy) is 1. The maximum Gasteiger partial charge on any atom is 0.329 e. The molecule has 10 nitrogen and oxygen atoms in total. The number of amides is 4. The van der Waals surface area contributed by atoms with Gasteiger partial charge in [0.05, 0.1) is 6.42 Å². The lowest BCUT2D eigenvalue weighted by Gasteiger charge is -2.27. The molecule has 12 heteroatoms. The molecule has 4 amide bonds. The molecule has 2 aliphatic rings. The van der Waals surface area contributed by atoms with Gasteiger partial charge in [0.1, 0.15) is 29.9 Å². The Balaban J connectivity index is 2.55. The van der Waals surface area contributed by atoms with Gasteiger partial charge >= 0.3 is 5.97 Å². The third kappa shape index (κ3) is 8.88. The molecule has 2 rings (SSSR count). The molecule has 1 saturated heterocycles. The summed E-state index contributed by atoms with van der Waals surface area (Å²) in [4.78, 5) is 65.2. The lowest BCUT2D eigenvalue weighted by atomic mass is 10.0. The number of rotatable bonds is 2. The van der Waals surface area contributed by atoms with Crippen molar-refractivity contribution in [1.82, 2.24) is 21.3 Å². The first-order valence-corrected chi connectivity index (χ1v) is 14.5. The van der Waals surface area contributed by atoms with Gasteiger partial charge in [0, 0.05) is 11.5 Å². The van der Waals surface area contributed by atoms with Gasteiger partial charge in [-0.05, 0) is 31.3 Å². The van der Waals surface area contributed by atoms with Crippen LogP contribution in [-0.2, 0) is 28.7 Å². The normalized spacial score (nSPS) is 28.8. The fourth-order valence-corrected chi connectivity index (χ4v) is 5.66. The minimum atomic E-state index is -1.00. The Kier molecular flexibility index (Phi) is 11.8. The van der Waals surface area contributed by atoms with Crippen molar-refractivity contribution in [3.8, 4) is 0 Å². The van der Waals surface area contributed by atoms with Crippen LogP contribution >= 0.6 is 21.6 Å². The van der Waals surface area contributed by atoms with Crippen LogP contribution in [0.1, 0.15) is 47.5 Å². The highest BCUT2D eigenvalue weighted by molar-refractivity contribution is 8.76. The van der Waals surface area contributed by atoms with Crippen LogP contribution in [0.4, 0.5) is 0 Å². The van der Waals surface area contributed by atoms with Crippen LogP contribution < -0.4 is 21.3 Å². The Morgan fingerprint density at radius 1 is 0.944 bits per heavy atom. The van der Waals surface area contributed by atoms with Crippen molar-refractivity contribution in [3.05, 3.63) is 23.9 Å². The van der Waals surface area contributed by atoms with Crippen molar-refractivity contribution < 1.29 is 28.7 Å². The summed E-state index contributed by atoms with van der Waals surface area (Å²) in [6, 6.07) is -2.86. The number of carbonyl (C=O) groups excluding carboxylic acids is 5. The second kappa shape index (κ2) is 14.3. The number of esters is 1. The average Bonchev–Trinajstić information content (AvgIpc) is 2.81. The predicted molar refractivity (Wildman–Crippen MR) is 141 cm³/mol. The molecule has 4 unspecified atom stereocenters. The Morgan fingerprint density at radius 3 is 2.28 bits per heavy atom. The summed E-state index contributed by atoms with van der Waals surface area (Å²) in [6.45, 7) is 8.66. The number of allylic oxidation sites excluding steroid dienone is 2. The van der Waals surface area contributed by atoms with Crippen LogP contribution in [0.25, 0.3) is 0 Å². The molecule has 0 aromatic rings. The molecule has 2 heterocycles. The van der Waals surface area contributed by atoms with Crippen molar-refractivity contribution in [2.45, 2.75) is 71.7 Å². The highest BCUT2D eigenvalue weighted by atomic mass is 33.1. The van der Waals surface area contributed by atoms with Crippen LogP contribution in [0.2, 0.25) is 0 Å². The summed E-state index contributed by atoms with van der Waals surface area (Å²) >= 11 is 0. The quantitative estimate of drug-likeness (QED) is 0.178. The van der Waals surface area contributed by atoms with Crippen molar-refractivity contribution in [1.29, 1.82) is 0 Å². The van der Waals surface area contributed by atoms with E-state index in [0.29, 0.717) is 12.2 Å². The summed E-state index contributed by atoms with van der Waals surface area (Å²) in [5.74, 6) is -2.54. The van der Waals surface area contributed by atoms with Crippen LogP contribution in [0, 0.1) is 11.8 Å². The number of hydrogen-bond donors (Lipinski definition) is 4. The van der Waals surface area contributed by atoms with Crippen molar-refractivity contribution in [3.63, 3.8) is 0 Å². The molecule has 0 aromatic heterocycles. The zero-order chi connectivity index (χ0) is 26.8. The summed E-state index contributed by atoms with van der Waals surface area (Å²) in [6.07, 6.45) is 4.51. The topological polar surface area (TPSA) is 143 Å². The molecule has 36 heavy (non-hydrogen) atoms. The van der Waals surface area contributed by atoms with Crippen LogP contribution in [0.15, 0.2) is 23.9 Å². The molecule has 0 aromatic carbocycles. The minimum absolute atomic E-state index is 0.0445. The first kappa shape index (κ1) is 29.8. The van der Waals surface area contributed by atoms with Gasteiger partial charge < -0.3 is 26.0 Å². The van der Waals surface area contributed by atoms with E-state index < -0.39 is 53.8 Å². The van der Waals surface area contributed by atoms with E-state index in [1.54, 1.807) is 40.7 Å². The molecule has 2 aliphatic heterocycles. The summed E-state index contributed by atoms with van der Waals surface area (Å²) in [7, 11) is 2.95. The van der Waals surface area contributed by atoms with Gasteiger partial charge in [-0.2, -0.15) is 0 Å². The van der Waals surface area contributed by atoms with Gasteiger partial charge in [0.2, 0.25) is 17.7 Å². The van der Waals surface area contributed by atoms with E-state index in [9.17, 15) is 24.0 Å². The molecule has 2 bridgehead atoms. The smallest absolute Gasteiger partial charge is 0.329 e. The summed E-state index contributed by atoms with van der Waals surface area (Å²) in [5.41, 5.74) is -0.0445. The Morgan fingerprint density at radius 2 is 1.64 bits per heavy atom. The van der Waals surface area contributed by atoms with E-state index in [0.717, 1.165) is 0 Å². The van der Waals surface area contributed by atoms with E-state index in [2.05, 4.69) is 21.3 Å². The molecule has 0 aliphatic carbocycles. The number of nitrogens with one attached hydrogen (secondary N) is 4. The summed E-state index contributed by atoms with van der Waals surface area (Å²) < 4.78 is 5.65. The van der Waals surface area contributed by atoms with Gasteiger partial charge in [-0.25, -0.2) is 4.79 Å². The van der Waals surface area contributed by atoms with E-state index in [1.807, 2.05) is 6.08 Å². The van der Waals surface area contributed by atoms with E-state index in [-0.39, 0.29) is 29.7 Å². The van der Waals surface area contributed by atoms with Gasteiger partial charge in [-0.3, -0.25) is 19.2 Å². The highest BCUT2D eigenvalue weighted by Gasteiger charge is 2.33. The standard InChI is InChI=1S/C24H36N4O6S2/c1-6-16-21(30)28-20(14(4)5)24(33)34-15-9-7-8-10-35-36-12-17(22(31)25-16)26-23(32)19(13(2)3)27-18(29)11-15/h6-7,9,13-15,17,19-20H,8,10-12H2,1-5H3,(H,25,31)(H,26,32)(H,27,29)(H,28,30)/b9-7?,16-6+. The molecule has 200 valence electrons. The Bertz CT molecular complexity index is 905. The minimum Gasteiger partial charge on any atom is -0.456 e. The summed E-state index contributed by atoms with van der Waals surface area (Å²) in [5, 5.41) is 10.7. The van der Waals surface area contributed by atoms with E-state index >= 15 is 0 Å². The van der Waals surface area contributed by atoms with Gasteiger partial charge in [0.15, 0.2) is 0 Å². The molecule has 4 atom stereocenters. The van der Waals surface area contributed by atoms with E-state index in [4.69, 9.17) is 4.74 Å². The predicted octanol–water partition coefficient (Wildman–Crippen LogP) is 1.43. The van der Waals surface area contributed by atoms with Crippen LogP contribution in [-0.4, -0.2) is 65.3 Å². The molecular weight excluding hydrogens is 504 g/mol. The molecule has 0 spiro atoms. The van der Waals surface area contributed by atoms with Gasteiger partial charge in [-0.1, -0.05) is 61.4 Å². The molecule has 0 radical (unpaired) electrons. The van der Waals surface area contributed by atoms with Crippen molar-refractivity contribution in [2.24, 2.45) is 11.8 Å². The molecular formula is C24H36N4O6S2.